The number of hydrogen-bond donors (Lipinski definition) is 1. The van der Waals surface area contributed by atoms with Gasteiger partial charge in [0.15, 0.2) is 5.82 Å². The van der Waals surface area contributed by atoms with Crippen LogP contribution in [0.3, 0.4) is 0 Å². The largest absolute Gasteiger partial charge is 0.464 e. The van der Waals surface area contributed by atoms with Gasteiger partial charge >= 0.3 is 11.8 Å². The molecule has 7 nitrogen and oxygen atoms in total. The number of nitrogens with one attached hydrogen (secondary N) is 1. The van der Waals surface area contributed by atoms with Crippen molar-refractivity contribution in [2.24, 2.45) is 0 Å². The van der Waals surface area contributed by atoms with Gasteiger partial charge in [-0.3, -0.25) is 14.9 Å². The Morgan fingerprint density at radius 2 is 2.26 bits per heavy atom. The maximum Gasteiger partial charge on any atom is 0.315 e. The van der Waals surface area contributed by atoms with Crippen molar-refractivity contribution in [2.75, 3.05) is 11.9 Å². The average molecular weight is 317 g/mol. The highest BCUT2D eigenvalue weighted by Gasteiger charge is 2.35. The molecule has 0 aromatic carbocycles. The zero-order valence-electron chi connectivity index (χ0n) is 13.2. The predicted molar refractivity (Wildman–Crippen MR) is 81.6 cm³/mol. The fraction of sp³-hybridized carbons (Fsp3) is 0.438. The van der Waals surface area contributed by atoms with E-state index in [4.69, 9.17) is 8.94 Å². The van der Waals surface area contributed by atoms with Crippen molar-refractivity contribution >= 4 is 17.6 Å². The smallest absolute Gasteiger partial charge is 0.315 e. The van der Waals surface area contributed by atoms with Crippen LogP contribution in [-0.4, -0.2) is 28.4 Å². The molecule has 1 fully saturated rings. The fourth-order valence-electron chi connectivity index (χ4n) is 2.79. The summed E-state index contributed by atoms with van der Waals surface area (Å²) in [5.74, 6) is 1.12. The Balaban J connectivity index is 1.71. The first-order valence-electron chi connectivity index (χ1n) is 7.72. The molecule has 0 bridgehead atoms. The lowest BCUT2D eigenvalue weighted by Gasteiger charge is -2.22. The molecule has 2 aromatic heterocycles. The Kier molecular flexibility index (Phi) is 4.18. The van der Waals surface area contributed by atoms with Crippen LogP contribution in [0.15, 0.2) is 27.1 Å². The molecule has 0 unspecified atom stereocenters. The van der Waals surface area contributed by atoms with E-state index in [-0.39, 0.29) is 11.9 Å². The minimum atomic E-state index is -0.715. The van der Waals surface area contributed by atoms with E-state index in [0.717, 1.165) is 30.8 Å². The molecule has 1 aliphatic heterocycles. The van der Waals surface area contributed by atoms with Gasteiger partial charge in [-0.15, -0.1) is 0 Å². The molecule has 3 rings (SSSR count). The van der Waals surface area contributed by atoms with Crippen molar-refractivity contribution < 1.29 is 18.5 Å². The van der Waals surface area contributed by atoms with Gasteiger partial charge in [0.25, 0.3) is 0 Å². The lowest BCUT2D eigenvalue weighted by molar-refractivity contribution is -0.144. The number of hydrogen-bond acceptors (Lipinski definition) is 5. The van der Waals surface area contributed by atoms with Crippen molar-refractivity contribution in [2.45, 2.75) is 39.2 Å². The van der Waals surface area contributed by atoms with E-state index < -0.39 is 11.8 Å². The van der Waals surface area contributed by atoms with Crippen molar-refractivity contribution in [3.63, 3.8) is 0 Å². The molecule has 1 saturated heterocycles. The fourth-order valence-corrected chi connectivity index (χ4v) is 2.79. The van der Waals surface area contributed by atoms with Gasteiger partial charge in [-0.1, -0.05) is 12.1 Å². The molecule has 1 N–H and O–H groups in total. The molecular weight excluding hydrogens is 298 g/mol. The number of carbonyl (C=O) groups excluding carboxylic acids is 2. The molecule has 3 heterocycles. The predicted octanol–water partition coefficient (Wildman–Crippen LogP) is 2.44. The van der Waals surface area contributed by atoms with Gasteiger partial charge in [0.1, 0.15) is 17.3 Å². The molecule has 122 valence electrons. The van der Waals surface area contributed by atoms with E-state index in [1.54, 1.807) is 17.9 Å². The van der Waals surface area contributed by atoms with Crippen LogP contribution < -0.4 is 5.32 Å². The number of rotatable bonds is 3. The summed E-state index contributed by atoms with van der Waals surface area (Å²) in [7, 11) is 0. The molecule has 23 heavy (non-hydrogen) atoms. The third-order valence-corrected chi connectivity index (χ3v) is 3.94. The van der Waals surface area contributed by atoms with E-state index in [1.807, 2.05) is 19.1 Å². The maximum absolute atomic E-state index is 12.4. The van der Waals surface area contributed by atoms with Crippen molar-refractivity contribution in [3.8, 4) is 0 Å². The lowest BCUT2D eigenvalue weighted by atomic mass is 10.1. The Labute approximate surface area is 133 Å². The third-order valence-electron chi connectivity index (χ3n) is 3.94. The van der Waals surface area contributed by atoms with Crippen LogP contribution >= 0.6 is 0 Å². The lowest BCUT2D eigenvalue weighted by Crippen LogP contribution is -2.39. The number of furan rings is 1. The van der Waals surface area contributed by atoms with Gasteiger partial charge in [0.05, 0.1) is 6.04 Å². The summed E-state index contributed by atoms with van der Waals surface area (Å²) in [6.07, 6.45) is 2.43. The molecule has 2 amide bonds. The Morgan fingerprint density at radius 3 is 2.91 bits per heavy atom. The molecule has 0 aliphatic carbocycles. The number of likely N-dealkylation sites (tertiary alicyclic amines) is 1. The topological polar surface area (TPSA) is 88.6 Å². The van der Waals surface area contributed by atoms with Crippen LogP contribution in [0, 0.1) is 6.92 Å². The Morgan fingerprint density at radius 1 is 1.43 bits per heavy atom. The number of carbonyl (C=O) groups is 2. The van der Waals surface area contributed by atoms with Crippen molar-refractivity contribution in [3.05, 3.63) is 35.5 Å². The molecule has 1 aliphatic rings. The number of aryl methyl sites for hydroxylation is 2. The highest BCUT2D eigenvalue weighted by Crippen LogP contribution is 2.33. The zero-order chi connectivity index (χ0) is 16.4. The van der Waals surface area contributed by atoms with Crippen LogP contribution in [-0.2, 0) is 16.0 Å². The van der Waals surface area contributed by atoms with Gasteiger partial charge in [0, 0.05) is 19.0 Å². The van der Waals surface area contributed by atoms with Gasteiger partial charge < -0.3 is 13.8 Å². The monoisotopic (exact) mass is 317 g/mol. The quantitative estimate of drug-likeness (QED) is 0.878. The second kappa shape index (κ2) is 6.28. The van der Waals surface area contributed by atoms with Crippen LogP contribution in [0.1, 0.15) is 43.1 Å². The van der Waals surface area contributed by atoms with Crippen LogP contribution in [0.25, 0.3) is 0 Å². The summed E-state index contributed by atoms with van der Waals surface area (Å²) in [5, 5.41) is 6.12. The highest BCUT2D eigenvalue weighted by molar-refractivity contribution is 6.39. The summed E-state index contributed by atoms with van der Waals surface area (Å²) >= 11 is 0. The Bertz CT molecular complexity index is 718. The first-order chi connectivity index (χ1) is 11.1. The van der Waals surface area contributed by atoms with E-state index in [9.17, 15) is 9.59 Å². The molecule has 0 radical (unpaired) electrons. The number of amides is 2. The second-order valence-corrected chi connectivity index (χ2v) is 5.59. The van der Waals surface area contributed by atoms with E-state index in [1.165, 1.54) is 0 Å². The summed E-state index contributed by atoms with van der Waals surface area (Å²) in [6.45, 7) is 4.26. The summed E-state index contributed by atoms with van der Waals surface area (Å²) < 4.78 is 10.6. The van der Waals surface area contributed by atoms with Crippen LogP contribution in [0.5, 0.6) is 0 Å². The van der Waals surface area contributed by atoms with Crippen molar-refractivity contribution in [1.29, 1.82) is 0 Å². The average Bonchev–Trinajstić information content (AvgIpc) is 3.25. The summed E-state index contributed by atoms with van der Waals surface area (Å²) in [5.41, 5.74) is 0. The molecule has 7 heteroatoms. The SMILES string of the molecule is CCc1ccc([C@H]2CCCN2C(=O)C(=O)Nc2cc(C)on2)o1. The molecule has 0 spiro atoms. The summed E-state index contributed by atoms with van der Waals surface area (Å²) in [4.78, 5) is 26.1. The molecule has 0 saturated carbocycles. The minimum absolute atomic E-state index is 0.187. The zero-order valence-corrected chi connectivity index (χ0v) is 13.2. The summed E-state index contributed by atoms with van der Waals surface area (Å²) in [6, 6.07) is 5.17. The second-order valence-electron chi connectivity index (χ2n) is 5.59. The van der Waals surface area contributed by atoms with E-state index in [0.29, 0.717) is 12.3 Å². The van der Waals surface area contributed by atoms with Gasteiger partial charge in [-0.25, -0.2) is 0 Å². The maximum atomic E-state index is 12.4. The van der Waals surface area contributed by atoms with Gasteiger partial charge in [0.2, 0.25) is 0 Å². The minimum Gasteiger partial charge on any atom is -0.464 e. The van der Waals surface area contributed by atoms with E-state index in [2.05, 4.69) is 10.5 Å². The number of anilines is 1. The molecular formula is C16H19N3O4. The standard InChI is InChI=1S/C16H19N3O4/c1-3-11-6-7-13(22-11)12-5-4-8-19(12)16(21)15(20)17-14-9-10(2)23-18-14/h6-7,9,12H,3-5,8H2,1-2H3,(H,17,18,20)/t12-/m1/s1. The first-order valence-corrected chi connectivity index (χ1v) is 7.72. The van der Waals surface area contributed by atoms with Gasteiger partial charge in [-0.2, -0.15) is 0 Å². The normalized spacial score (nSPS) is 17.5. The Hall–Kier alpha value is -2.57. The number of nitrogens with zero attached hydrogens (tertiary/aromatic N) is 2. The third kappa shape index (κ3) is 3.13. The van der Waals surface area contributed by atoms with Crippen LogP contribution in [0.2, 0.25) is 0 Å². The first kappa shape index (κ1) is 15.3. The van der Waals surface area contributed by atoms with Gasteiger partial charge in [-0.05, 0) is 31.9 Å². The molecule has 2 aromatic rings. The number of aromatic nitrogens is 1. The van der Waals surface area contributed by atoms with Crippen molar-refractivity contribution in [1.82, 2.24) is 10.1 Å². The van der Waals surface area contributed by atoms with E-state index >= 15 is 0 Å². The highest BCUT2D eigenvalue weighted by atomic mass is 16.5. The molecule has 1 atom stereocenters. The van der Waals surface area contributed by atoms with Crippen LogP contribution in [0.4, 0.5) is 5.82 Å².